The standard InChI is InChI=1S/C9H9F3O2/c1-2-14-9-7(11)3-6(10)5(4-13)8(9)12/h3,13H,2,4H2,1H3. The molecule has 1 aromatic carbocycles. The molecule has 14 heavy (non-hydrogen) atoms. The molecule has 0 saturated carbocycles. The van der Waals surface area contributed by atoms with Crippen LogP contribution in [0.4, 0.5) is 13.2 Å². The first kappa shape index (κ1) is 10.8. The lowest BCUT2D eigenvalue weighted by Gasteiger charge is -2.09. The van der Waals surface area contributed by atoms with Gasteiger partial charge >= 0.3 is 0 Å². The van der Waals surface area contributed by atoms with E-state index in [1.807, 2.05) is 0 Å². The van der Waals surface area contributed by atoms with Gasteiger partial charge in [0.1, 0.15) is 5.82 Å². The molecule has 1 N–H and O–H groups in total. The van der Waals surface area contributed by atoms with Crippen LogP contribution in [0.1, 0.15) is 12.5 Å². The molecule has 2 nitrogen and oxygen atoms in total. The Bertz CT molecular complexity index is 339. The maximum absolute atomic E-state index is 13.2. The Hall–Kier alpha value is -1.23. The van der Waals surface area contributed by atoms with Gasteiger partial charge in [-0.15, -0.1) is 0 Å². The summed E-state index contributed by atoms with van der Waals surface area (Å²) in [6, 6.07) is 0.486. The average molecular weight is 206 g/mol. The van der Waals surface area contributed by atoms with Crippen LogP contribution >= 0.6 is 0 Å². The molecule has 0 aliphatic rings. The molecular weight excluding hydrogens is 197 g/mol. The molecule has 0 spiro atoms. The highest BCUT2D eigenvalue weighted by Gasteiger charge is 2.18. The highest BCUT2D eigenvalue weighted by Crippen LogP contribution is 2.26. The van der Waals surface area contributed by atoms with Crippen molar-refractivity contribution in [2.75, 3.05) is 6.61 Å². The Morgan fingerprint density at radius 1 is 1.29 bits per heavy atom. The van der Waals surface area contributed by atoms with Gasteiger partial charge in [-0.25, -0.2) is 13.2 Å². The van der Waals surface area contributed by atoms with E-state index >= 15 is 0 Å². The van der Waals surface area contributed by atoms with E-state index in [0.717, 1.165) is 0 Å². The van der Waals surface area contributed by atoms with E-state index < -0.39 is 35.4 Å². The summed E-state index contributed by atoms with van der Waals surface area (Å²) in [5, 5.41) is 8.62. The minimum atomic E-state index is -1.19. The van der Waals surface area contributed by atoms with E-state index in [2.05, 4.69) is 4.74 Å². The van der Waals surface area contributed by atoms with Gasteiger partial charge in [0.25, 0.3) is 0 Å². The quantitative estimate of drug-likeness (QED) is 0.819. The number of aliphatic hydroxyl groups is 1. The third-order valence-electron chi connectivity index (χ3n) is 1.67. The number of benzene rings is 1. The Balaban J connectivity index is 3.28. The molecular formula is C9H9F3O2. The third kappa shape index (κ3) is 1.82. The van der Waals surface area contributed by atoms with Crippen LogP contribution in [0, 0.1) is 17.5 Å². The maximum atomic E-state index is 13.2. The van der Waals surface area contributed by atoms with Crippen molar-refractivity contribution in [1.29, 1.82) is 0 Å². The van der Waals surface area contributed by atoms with E-state index in [1.54, 1.807) is 6.92 Å². The topological polar surface area (TPSA) is 29.5 Å². The largest absolute Gasteiger partial charge is 0.488 e. The Labute approximate surface area is 78.9 Å². The second-order valence-electron chi connectivity index (χ2n) is 2.55. The highest BCUT2D eigenvalue weighted by molar-refractivity contribution is 5.33. The van der Waals surface area contributed by atoms with Crippen molar-refractivity contribution < 1.29 is 23.0 Å². The monoisotopic (exact) mass is 206 g/mol. The van der Waals surface area contributed by atoms with E-state index in [9.17, 15) is 13.2 Å². The zero-order valence-electron chi connectivity index (χ0n) is 7.48. The predicted molar refractivity (Wildman–Crippen MR) is 43.4 cm³/mol. The van der Waals surface area contributed by atoms with Gasteiger partial charge in [0.05, 0.1) is 18.8 Å². The first-order valence-corrected chi connectivity index (χ1v) is 4.01. The fraction of sp³-hybridized carbons (Fsp3) is 0.333. The Morgan fingerprint density at radius 3 is 2.43 bits per heavy atom. The molecule has 0 aliphatic heterocycles. The van der Waals surface area contributed by atoms with Crippen LogP contribution in [0.3, 0.4) is 0 Å². The van der Waals surface area contributed by atoms with Crippen LogP contribution in [0.5, 0.6) is 5.75 Å². The van der Waals surface area contributed by atoms with Crippen LogP contribution < -0.4 is 4.74 Å². The molecule has 0 unspecified atom stereocenters. The van der Waals surface area contributed by atoms with Gasteiger partial charge in [-0.1, -0.05) is 0 Å². The number of ether oxygens (including phenoxy) is 1. The van der Waals surface area contributed by atoms with Crippen molar-refractivity contribution in [2.45, 2.75) is 13.5 Å². The predicted octanol–water partition coefficient (Wildman–Crippen LogP) is 1.99. The van der Waals surface area contributed by atoms with Gasteiger partial charge < -0.3 is 9.84 Å². The maximum Gasteiger partial charge on any atom is 0.191 e. The Kier molecular flexibility index (Phi) is 3.35. The summed E-state index contributed by atoms with van der Waals surface area (Å²) in [4.78, 5) is 0. The lowest BCUT2D eigenvalue weighted by atomic mass is 10.2. The molecule has 0 fully saturated rings. The van der Waals surface area contributed by atoms with Gasteiger partial charge in [-0.05, 0) is 6.92 Å². The van der Waals surface area contributed by atoms with Crippen molar-refractivity contribution >= 4 is 0 Å². The molecule has 0 bridgehead atoms. The van der Waals surface area contributed by atoms with Gasteiger partial charge in [0.2, 0.25) is 0 Å². The fourth-order valence-corrected chi connectivity index (χ4v) is 1.03. The van der Waals surface area contributed by atoms with Crippen molar-refractivity contribution in [3.05, 3.63) is 29.1 Å². The minimum absolute atomic E-state index is 0.0599. The van der Waals surface area contributed by atoms with Crippen molar-refractivity contribution in [2.24, 2.45) is 0 Å². The lowest BCUT2D eigenvalue weighted by Crippen LogP contribution is -2.04. The first-order valence-electron chi connectivity index (χ1n) is 4.01. The molecule has 5 heteroatoms. The van der Waals surface area contributed by atoms with Gasteiger partial charge in [0.15, 0.2) is 17.4 Å². The van der Waals surface area contributed by atoms with Crippen LogP contribution in [0.15, 0.2) is 6.07 Å². The molecule has 0 radical (unpaired) electrons. The molecule has 78 valence electrons. The van der Waals surface area contributed by atoms with Gasteiger partial charge in [-0.3, -0.25) is 0 Å². The molecule has 0 aromatic heterocycles. The summed E-state index contributed by atoms with van der Waals surface area (Å²) in [6.45, 7) is 0.767. The summed E-state index contributed by atoms with van der Waals surface area (Å²) in [7, 11) is 0. The van der Waals surface area contributed by atoms with Crippen LogP contribution in [-0.4, -0.2) is 11.7 Å². The SMILES string of the molecule is CCOc1c(F)cc(F)c(CO)c1F. The second kappa shape index (κ2) is 4.32. The Morgan fingerprint density at radius 2 is 1.93 bits per heavy atom. The molecule has 0 aliphatic carbocycles. The van der Waals surface area contributed by atoms with Crippen LogP contribution in [-0.2, 0) is 6.61 Å². The van der Waals surface area contributed by atoms with E-state index in [1.165, 1.54) is 0 Å². The van der Waals surface area contributed by atoms with E-state index in [-0.39, 0.29) is 6.61 Å². The zero-order valence-corrected chi connectivity index (χ0v) is 7.48. The van der Waals surface area contributed by atoms with E-state index in [0.29, 0.717) is 6.07 Å². The third-order valence-corrected chi connectivity index (χ3v) is 1.67. The average Bonchev–Trinajstić information content (AvgIpc) is 2.12. The number of hydrogen-bond acceptors (Lipinski definition) is 2. The number of aliphatic hydroxyl groups excluding tert-OH is 1. The highest BCUT2D eigenvalue weighted by atomic mass is 19.1. The number of hydrogen-bond donors (Lipinski definition) is 1. The summed E-state index contributed by atoms with van der Waals surface area (Å²) >= 11 is 0. The summed E-state index contributed by atoms with van der Waals surface area (Å²) in [5.74, 6) is -4.07. The number of rotatable bonds is 3. The second-order valence-corrected chi connectivity index (χ2v) is 2.55. The smallest absolute Gasteiger partial charge is 0.191 e. The fourth-order valence-electron chi connectivity index (χ4n) is 1.03. The van der Waals surface area contributed by atoms with Crippen LogP contribution in [0.2, 0.25) is 0 Å². The normalized spacial score (nSPS) is 10.4. The van der Waals surface area contributed by atoms with Gasteiger partial charge in [-0.2, -0.15) is 0 Å². The van der Waals surface area contributed by atoms with Crippen LogP contribution in [0.25, 0.3) is 0 Å². The van der Waals surface area contributed by atoms with Crippen molar-refractivity contribution in [3.63, 3.8) is 0 Å². The molecule has 0 saturated heterocycles. The molecule has 1 aromatic rings. The molecule has 0 amide bonds. The first-order chi connectivity index (χ1) is 6.61. The molecule has 0 heterocycles. The summed E-state index contributed by atoms with van der Waals surface area (Å²) in [6.07, 6.45) is 0. The van der Waals surface area contributed by atoms with E-state index in [4.69, 9.17) is 5.11 Å². The van der Waals surface area contributed by atoms with Crippen molar-refractivity contribution in [3.8, 4) is 5.75 Å². The molecule has 0 atom stereocenters. The minimum Gasteiger partial charge on any atom is -0.488 e. The van der Waals surface area contributed by atoms with Gasteiger partial charge in [0, 0.05) is 6.07 Å². The summed E-state index contributed by atoms with van der Waals surface area (Å²) in [5.41, 5.74) is -0.588. The van der Waals surface area contributed by atoms with Crippen molar-refractivity contribution in [1.82, 2.24) is 0 Å². The molecule has 1 rings (SSSR count). The number of halogens is 3. The lowest BCUT2D eigenvalue weighted by molar-refractivity contribution is 0.257. The zero-order chi connectivity index (χ0) is 10.7. The summed E-state index contributed by atoms with van der Waals surface area (Å²) < 4.78 is 43.6.